The van der Waals surface area contributed by atoms with Gasteiger partial charge in [-0.25, -0.2) is 0 Å². The summed E-state index contributed by atoms with van der Waals surface area (Å²) in [5.41, 5.74) is 2.63. The summed E-state index contributed by atoms with van der Waals surface area (Å²) in [6.45, 7) is 9.38. The van der Waals surface area contributed by atoms with E-state index >= 15 is 0 Å². The summed E-state index contributed by atoms with van der Waals surface area (Å²) >= 11 is 0. The number of nitrogens with zero attached hydrogens (tertiary/aromatic N) is 2. The highest BCUT2D eigenvalue weighted by Gasteiger charge is 2.41. The number of rotatable bonds is 6. The molecular weight excluding hydrogens is 352 g/mol. The maximum absolute atomic E-state index is 6.00. The molecule has 0 amide bonds. The van der Waals surface area contributed by atoms with Gasteiger partial charge in [0.15, 0.2) is 5.96 Å². The number of hydrogen-bond donors (Lipinski definition) is 2. The molecule has 154 valence electrons. The Morgan fingerprint density at radius 3 is 2.82 bits per heavy atom. The van der Waals surface area contributed by atoms with Gasteiger partial charge in [-0.15, -0.1) is 0 Å². The van der Waals surface area contributed by atoms with Gasteiger partial charge in [0, 0.05) is 19.6 Å². The quantitative estimate of drug-likeness (QED) is 0.580. The van der Waals surface area contributed by atoms with Gasteiger partial charge in [0.25, 0.3) is 0 Å². The van der Waals surface area contributed by atoms with E-state index in [-0.39, 0.29) is 6.04 Å². The van der Waals surface area contributed by atoms with Gasteiger partial charge in [0.2, 0.25) is 0 Å². The fourth-order valence-corrected chi connectivity index (χ4v) is 4.66. The Labute approximate surface area is 168 Å². The van der Waals surface area contributed by atoms with Gasteiger partial charge in [-0.3, -0.25) is 9.89 Å². The standard InChI is InChI=1S/C22H34N4O2/c1-3-23-22(25-19-14-18-7-8-21(19)28-18)24-15-20(26-9-11-27-12-10-26)17-6-4-5-16(2)13-17/h4-6,13,18-21H,3,7-12,14-15H2,1-2H3,(H2,23,24,25). The molecule has 4 rings (SSSR count). The number of hydrogen-bond acceptors (Lipinski definition) is 4. The Bertz CT molecular complexity index is 674. The molecule has 0 saturated carbocycles. The minimum absolute atomic E-state index is 0.274. The molecule has 0 radical (unpaired) electrons. The van der Waals surface area contributed by atoms with Crippen molar-refractivity contribution >= 4 is 5.96 Å². The van der Waals surface area contributed by atoms with Crippen molar-refractivity contribution in [3.8, 4) is 0 Å². The summed E-state index contributed by atoms with van der Waals surface area (Å²) in [7, 11) is 0. The lowest BCUT2D eigenvalue weighted by Gasteiger charge is -2.34. The van der Waals surface area contributed by atoms with E-state index in [4.69, 9.17) is 14.5 Å². The maximum atomic E-state index is 6.00. The monoisotopic (exact) mass is 386 g/mol. The molecule has 0 aromatic heterocycles. The van der Waals surface area contributed by atoms with Crippen molar-refractivity contribution in [3.63, 3.8) is 0 Å². The third-order valence-electron chi connectivity index (χ3n) is 6.11. The molecule has 3 fully saturated rings. The Balaban J connectivity index is 1.48. The van der Waals surface area contributed by atoms with Crippen LogP contribution in [-0.4, -0.2) is 68.5 Å². The molecule has 3 saturated heterocycles. The molecule has 4 unspecified atom stereocenters. The zero-order chi connectivity index (χ0) is 19.3. The summed E-state index contributed by atoms with van der Waals surface area (Å²) in [5.74, 6) is 0.912. The molecule has 1 aromatic rings. The van der Waals surface area contributed by atoms with Crippen LogP contribution >= 0.6 is 0 Å². The van der Waals surface area contributed by atoms with E-state index in [2.05, 4.69) is 53.6 Å². The van der Waals surface area contributed by atoms with Crippen molar-refractivity contribution in [1.29, 1.82) is 0 Å². The fraction of sp³-hybridized carbons (Fsp3) is 0.682. The van der Waals surface area contributed by atoms with Crippen LogP contribution in [0, 0.1) is 6.92 Å². The van der Waals surface area contributed by atoms with Crippen molar-refractivity contribution in [1.82, 2.24) is 15.5 Å². The lowest BCUT2D eigenvalue weighted by atomic mass is 9.96. The Hall–Kier alpha value is -1.63. The molecule has 6 heteroatoms. The molecular formula is C22H34N4O2. The van der Waals surface area contributed by atoms with Crippen LogP contribution in [0.4, 0.5) is 0 Å². The predicted molar refractivity (Wildman–Crippen MR) is 112 cm³/mol. The molecule has 3 aliphatic rings. The first-order valence-corrected chi connectivity index (χ1v) is 10.8. The minimum Gasteiger partial charge on any atom is -0.379 e. The first-order chi connectivity index (χ1) is 13.7. The first kappa shape index (κ1) is 19.7. The van der Waals surface area contributed by atoms with Crippen molar-refractivity contribution in [2.45, 2.75) is 57.4 Å². The third kappa shape index (κ3) is 4.67. The van der Waals surface area contributed by atoms with E-state index in [9.17, 15) is 0 Å². The van der Waals surface area contributed by atoms with Crippen molar-refractivity contribution in [2.24, 2.45) is 4.99 Å². The zero-order valence-electron chi connectivity index (χ0n) is 17.2. The molecule has 0 spiro atoms. The summed E-state index contributed by atoms with van der Waals surface area (Å²) in [6.07, 6.45) is 4.27. The molecule has 1 aromatic carbocycles. The van der Waals surface area contributed by atoms with Crippen molar-refractivity contribution in [3.05, 3.63) is 35.4 Å². The highest BCUT2D eigenvalue weighted by Crippen LogP contribution is 2.34. The number of nitrogens with one attached hydrogen (secondary N) is 2. The van der Waals surface area contributed by atoms with Crippen molar-refractivity contribution in [2.75, 3.05) is 39.4 Å². The number of guanidine groups is 1. The van der Waals surface area contributed by atoms with Crippen LogP contribution in [0.5, 0.6) is 0 Å². The van der Waals surface area contributed by atoms with Gasteiger partial charge in [-0.2, -0.15) is 0 Å². The summed E-state index contributed by atoms with van der Waals surface area (Å²) < 4.78 is 11.6. The van der Waals surface area contributed by atoms with E-state index in [0.29, 0.717) is 18.2 Å². The average molecular weight is 387 g/mol. The second-order valence-corrected chi connectivity index (χ2v) is 8.16. The van der Waals surface area contributed by atoms with E-state index in [0.717, 1.165) is 51.8 Å². The number of aryl methyl sites for hydroxylation is 1. The normalized spacial score (nSPS) is 29.1. The van der Waals surface area contributed by atoms with Gasteiger partial charge < -0.3 is 20.1 Å². The number of morpholine rings is 1. The number of fused-ring (bicyclic) bond motifs is 2. The largest absolute Gasteiger partial charge is 0.379 e. The highest BCUT2D eigenvalue weighted by atomic mass is 16.5. The molecule has 28 heavy (non-hydrogen) atoms. The summed E-state index contributed by atoms with van der Waals surface area (Å²) in [5, 5.41) is 7.07. The summed E-state index contributed by atoms with van der Waals surface area (Å²) in [4.78, 5) is 7.50. The minimum atomic E-state index is 0.274. The van der Waals surface area contributed by atoms with Crippen LogP contribution in [0.1, 0.15) is 43.4 Å². The van der Waals surface area contributed by atoms with Crippen LogP contribution in [0.15, 0.2) is 29.3 Å². The smallest absolute Gasteiger partial charge is 0.191 e. The molecule has 4 atom stereocenters. The predicted octanol–water partition coefficient (Wildman–Crippen LogP) is 2.24. The second-order valence-electron chi connectivity index (χ2n) is 8.16. The number of ether oxygens (including phenoxy) is 2. The SMILES string of the molecule is CCNC(=NCC(c1cccc(C)c1)N1CCOCC1)NC1CC2CCC1O2. The van der Waals surface area contributed by atoms with Gasteiger partial charge in [0.1, 0.15) is 0 Å². The number of aliphatic imine (C=N–C) groups is 1. The third-order valence-corrected chi connectivity index (χ3v) is 6.11. The van der Waals surface area contributed by atoms with Gasteiger partial charge in [-0.05, 0) is 38.7 Å². The topological polar surface area (TPSA) is 58.1 Å². The molecule has 0 aliphatic carbocycles. The fourth-order valence-electron chi connectivity index (χ4n) is 4.66. The molecule has 2 bridgehead atoms. The molecule has 2 N–H and O–H groups in total. The summed E-state index contributed by atoms with van der Waals surface area (Å²) in [6, 6.07) is 9.49. The lowest BCUT2D eigenvalue weighted by molar-refractivity contribution is 0.0179. The van der Waals surface area contributed by atoms with Crippen LogP contribution < -0.4 is 10.6 Å². The van der Waals surface area contributed by atoms with Gasteiger partial charge in [-0.1, -0.05) is 29.8 Å². The van der Waals surface area contributed by atoms with E-state index < -0.39 is 0 Å². The molecule has 6 nitrogen and oxygen atoms in total. The number of benzene rings is 1. The van der Waals surface area contributed by atoms with Crippen LogP contribution in [0.25, 0.3) is 0 Å². The second kappa shape index (κ2) is 9.25. The van der Waals surface area contributed by atoms with Crippen molar-refractivity contribution < 1.29 is 9.47 Å². The van der Waals surface area contributed by atoms with Crippen LogP contribution in [0.2, 0.25) is 0 Å². The van der Waals surface area contributed by atoms with Gasteiger partial charge in [0.05, 0.1) is 44.1 Å². The first-order valence-electron chi connectivity index (χ1n) is 10.8. The zero-order valence-corrected chi connectivity index (χ0v) is 17.2. The Kier molecular flexibility index (Phi) is 6.50. The average Bonchev–Trinajstić information content (AvgIpc) is 3.32. The highest BCUT2D eigenvalue weighted by molar-refractivity contribution is 5.80. The Morgan fingerprint density at radius 2 is 2.14 bits per heavy atom. The maximum Gasteiger partial charge on any atom is 0.191 e. The lowest BCUT2D eigenvalue weighted by Crippen LogP contribution is -2.48. The van der Waals surface area contributed by atoms with E-state index in [1.54, 1.807) is 0 Å². The van der Waals surface area contributed by atoms with E-state index in [1.165, 1.54) is 24.0 Å². The van der Waals surface area contributed by atoms with Gasteiger partial charge >= 0.3 is 0 Å². The van der Waals surface area contributed by atoms with Crippen LogP contribution in [0.3, 0.4) is 0 Å². The van der Waals surface area contributed by atoms with Crippen LogP contribution in [-0.2, 0) is 9.47 Å². The Morgan fingerprint density at radius 1 is 1.29 bits per heavy atom. The molecule has 3 aliphatic heterocycles. The molecule has 3 heterocycles. The van der Waals surface area contributed by atoms with E-state index in [1.807, 2.05) is 0 Å².